The molecule has 7 nitrogen and oxygen atoms in total. The molecule has 0 aliphatic carbocycles. The van der Waals surface area contributed by atoms with E-state index in [0.717, 1.165) is 43.2 Å². The van der Waals surface area contributed by atoms with Gasteiger partial charge in [-0.3, -0.25) is 9.59 Å². The molecule has 2 N–H and O–H groups in total. The number of hydrogen-bond donors (Lipinski definition) is 2. The van der Waals surface area contributed by atoms with Crippen molar-refractivity contribution in [2.45, 2.75) is 118 Å². The Bertz CT molecular complexity index is 1170. The van der Waals surface area contributed by atoms with Gasteiger partial charge in [0.1, 0.15) is 17.7 Å². The highest BCUT2D eigenvalue weighted by Gasteiger charge is 2.36. The molecular weight excluding hydrogens is 562 g/mol. The lowest BCUT2D eigenvalue weighted by Gasteiger charge is -2.35. The second kappa shape index (κ2) is 17.3. The van der Waals surface area contributed by atoms with Gasteiger partial charge in [0.25, 0.3) is 5.91 Å². The van der Waals surface area contributed by atoms with Gasteiger partial charge >= 0.3 is 6.09 Å². The zero-order chi connectivity index (χ0) is 32.2. The maximum absolute atomic E-state index is 14.5. The Hall–Kier alpha value is -3.06. The average molecular weight is 614 g/mol. The molecule has 2 rings (SSSR count). The van der Waals surface area contributed by atoms with Crippen molar-refractivity contribution in [2.24, 2.45) is 5.92 Å². The third-order valence-corrected chi connectivity index (χ3v) is 7.47. The van der Waals surface area contributed by atoms with Gasteiger partial charge in [0.15, 0.2) is 0 Å². The third-order valence-electron chi connectivity index (χ3n) is 7.16. The number of aryl methyl sites for hydroxylation is 2. The molecule has 3 amide bonds. The molecule has 2 unspecified atom stereocenters. The number of carbonyl (C=O) groups excluding carboxylic acids is 3. The molecule has 0 aromatic heterocycles. The maximum Gasteiger partial charge on any atom is 0.408 e. The van der Waals surface area contributed by atoms with Crippen molar-refractivity contribution in [3.63, 3.8) is 0 Å². The van der Waals surface area contributed by atoms with Crippen molar-refractivity contribution >= 4 is 35.2 Å². The van der Waals surface area contributed by atoms with E-state index in [0.29, 0.717) is 29.2 Å². The van der Waals surface area contributed by atoms with E-state index in [1.807, 2.05) is 64.1 Å². The lowest BCUT2D eigenvalue weighted by atomic mass is 9.98. The number of carbonyl (C=O) groups is 3. The first-order valence-corrected chi connectivity index (χ1v) is 16.0. The zero-order valence-corrected chi connectivity index (χ0v) is 28.1. The molecule has 8 heteroatoms. The minimum Gasteiger partial charge on any atom is -0.444 e. The number of halogens is 1. The molecule has 0 bridgehead atoms. The SMILES string of the molecule is CCCCCCCCN(C(=O)C(CC(C)C)NC(=O)OC(C)(C)C)C(C(=O)Nc1c(C)cccc1Cl)c1ccc(C)cc1. The standard InChI is InChI=1S/C35H52ClN3O4/c1-9-10-11-12-13-14-22-39(33(41)29(23-24(2)3)37-34(42)43-35(6,7)8)31(27-20-18-25(4)19-21-27)32(40)38-30-26(5)16-15-17-28(30)36/h15-21,24,29,31H,9-14,22-23H2,1-8H3,(H,37,42)(H,38,40). The summed E-state index contributed by atoms with van der Waals surface area (Å²) in [6.07, 6.45) is 5.92. The number of benzene rings is 2. The second-order valence-electron chi connectivity index (χ2n) is 12.9. The predicted molar refractivity (Wildman–Crippen MR) is 176 cm³/mol. The summed E-state index contributed by atoms with van der Waals surface area (Å²) < 4.78 is 5.51. The average Bonchev–Trinajstić information content (AvgIpc) is 2.91. The molecule has 2 aromatic carbocycles. The summed E-state index contributed by atoms with van der Waals surface area (Å²) in [5.41, 5.74) is 2.35. The number of alkyl carbamates (subject to hydrolysis) is 1. The van der Waals surface area contributed by atoms with Crippen molar-refractivity contribution in [3.8, 4) is 0 Å². The van der Waals surface area contributed by atoms with Crippen molar-refractivity contribution in [1.29, 1.82) is 0 Å². The Morgan fingerprint density at radius 1 is 0.930 bits per heavy atom. The van der Waals surface area contributed by atoms with E-state index in [1.165, 1.54) is 6.42 Å². The van der Waals surface area contributed by atoms with Gasteiger partial charge in [-0.05, 0) is 70.6 Å². The molecule has 0 spiro atoms. The van der Waals surface area contributed by atoms with Crippen LogP contribution in [0.25, 0.3) is 0 Å². The van der Waals surface area contributed by atoms with Crippen LogP contribution in [0.2, 0.25) is 5.02 Å². The van der Waals surface area contributed by atoms with E-state index in [1.54, 1.807) is 31.7 Å². The summed E-state index contributed by atoms with van der Waals surface area (Å²) in [6.45, 7) is 15.8. The predicted octanol–water partition coefficient (Wildman–Crippen LogP) is 8.77. The normalized spacial score (nSPS) is 12.9. The minimum absolute atomic E-state index is 0.109. The highest BCUT2D eigenvalue weighted by molar-refractivity contribution is 6.34. The van der Waals surface area contributed by atoms with Gasteiger partial charge in [-0.25, -0.2) is 4.79 Å². The number of nitrogens with zero attached hydrogens (tertiary/aromatic N) is 1. The Morgan fingerprint density at radius 2 is 1.56 bits per heavy atom. The number of hydrogen-bond acceptors (Lipinski definition) is 4. The molecule has 0 radical (unpaired) electrons. The van der Waals surface area contributed by atoms with Crippen molar-refractivity contribution in [3.05, 3.63) is 64.2 Å². The van der Waals surface area contributed by atoms with Crippen LogP contribution in [0.5, 0.6) is 0 Å². The van der Waals surface area contributed by atoms with Gasteiger partial charge in [0, 0.05) is 6.54 Å². The Balaban J connectivity index is 2.54. The van der Waals surface area contributed by atoms with Gasteiger partial charge in [0.2, 0.25) is 5.91 Å². The first-order chi connectivity index (χ1) is 20.2. The monoisotopic (exact) mass is 613 g/mol. The zero-order valence-electron chi connectivity index (χ0n) is 27.4. The minimum atomic E-state index is -0.936. The van der Waals surface area contributed by atoms with Crippen LogP contribution in [0.15, 0.2) is 42.5 Å². The first-order valence-electron chi connectivity index (χ1n) is 15.7. The van der Waals surface area contributed by atoms with Crippen LogP contribution in [0.1, 0.15) is 109 Å². The first kappa shape index (κ1) is 36.1. The molecule has 0 saturated heterocycles. The topological polar surface area (TPSA) is 87.7 Å². The summed E-state index contributed by atoms with van der Waals surface area (Å²) in [4.78, 5) is 43.2. The smallest absolute Gasteiger partial charge is 0.408 e. The molecule has 0 saturated carbocycles. The van der Waals surface area contributed by atoms with Gasteiger partial charge in [-0.1, -0.05) is 106 Å². The Kier molecular flexibility index (Phi) is 14.5. The van der Waals surface area contributed by atoms with E-state index in [-0.39, 0.29) is 17.7 Å². The highest BCUT2D eigenvalue weighted by atomic mass is 35.5. The molecule has 0 fully saturated rings. The van der Waals surface area contributed by atoms with E-state index >= 15 is 0 Å². The van der Waals surface area contributed by atoms with E-state index in [9.17, 15) is 14.4 Å². The fourth-order valence-corrected chi connectivity index (χ4v) is 5.24. The summed E-state index contributed by atoms with van der Waals surface area (Å²) in [7, 11) is 0. The Morgan fingerprint density at radius 3 is 2.14 bits per heavy atom. The lowest BCUT2D eigenvalue weighted by molar-refractivity contribution is -0.141. The molecule has 0 heterocycles. The lowest BCUT2D eigenvalue weighted by Crippen LogP contribution is -2.53. The summed E-state index contributed by atoms with van der Waals surface area (Å²) >= 11 is 6.49. The third kappa shape index (κ3) is 12.2. The van der Waals surface area contributed by atoms with Gasteiger partial charge < -0.3 is 20.3 Å². The molecule has 0 aliphatic rings. The largest absolute Gasteiger partial charge is 0.444 e. The van der Waals surface area contributed by atoms with E-state index in [2.05, 4.69) is 17.6 Å². The van der Waals surface area contributed by atoms with Crippen molar-refractivity contribution < 1.29 is 19.1 Å². The van der Waals surface area contributed by atoms with Crippen LogP contribution in [0.3, 0.4) is 0 Å². The number of ether oxygens (including phenoxy) is 1. The van der Waals surface area contributed by atoms with E-state index in [4.69, 9.17) is 16.3 Å². The van der Waals surface area contributed by atoms with E-state index < -0.39 is 23.8 Å². The van der Waals surface area contributed by atoms with Crippen LogP contribution in [0.4, 0.5) is 10.5 Å². The maximum atomic E-state index is 14.5. The quantitative estimate of drug-likeness (QED) is 0.197. The molecule has 238 valence electrons. The second-order valence-corrected chi connectivity index (χ2v) is 13.3. The van der Waals surface area contributed by atoms with Crippen molar-refractivity contribution in [1.82, 2.24) is 10.2 Å². The summed E-state index contributed by atoms with van der Waals surface area (Å²) in [6, 6.07) is 11.3. The number of amides is 3. The number of rotatable bonds is 15. The number of nitrogens with one attached hydrogen (secondary N) is 2. The van der Waals surface area contributed by atoms with Crippen LogP contribution < -0.4 is 10.6 Å². The molecule has 43 heavy (non-hydrogen) atoms. The number of unbranched alkanes of at least 4 members (excludes halogenated alkanes) is 5. The highest BCUT2D eigenvalue weighted by Crippen LogP contribution is 2.30. The van der Waals surface area contributed by atoms with Gasteiger partial charge in [0.05, 0.1) is 10.7 Å². The fraction of sp³-hybridized carbons (Fsp3) is 0.571. The van der Waals surface area contributed by atoms with Gasteiger partial charge in [-0.2, -0.15) is 0 Å². The molecule has 0 aliphatic heterocycles. The van der Waals surface area contributed by atoms with Crippen molar-refractivity contribution in [2.75, 3.05) is 11.9 Å². The Labute approximate surface area is 264 Å². The summed E-state index contributed by atoms with van der Waals surface area (Å²) in [5.74, 6) is -0.568. The number of para-hydroxylation sites is 1. The van der Waals surface area contributed by atoms with Crippen LogP contribution in [0, 0.1) is 19.8 Å². The van der Waals surface area contributed by atoms with Crippen LogP contribution in [-0.4, -0.2) is 41.0 Å². The van der Waals surface area contributed by atoms with Gasteiger partial charge in [-0.15, -0.1) is 0 Å². The fourth-order valence-electron chi connectivity index (χ4n) is 4.98. The molecule has 2 aromatic rings. The molecule has 2 atom stereocenters. The molecular formula is C35H52ClN3O4. The number of anilines is 1. The van der Waals surface area contributed by atoms with Crippen LogP contribution in [-0.2, 0) is 14.3 Å². The van der Waals surface area contributed by atoms with Crippen LogP contribution >= 0.6 is 11.6 Å². The summed E-state index contributed by atoms with van der Waals surface area (Å²) in [5, 5.41) is 6.27.